The van der Waals surface area contributed by atoms with Gasteiger partial charge in [-0.25, -0.2) is 4.98 Å². The minimum atomic E-state index is -2.22. The average molecular weight is 587 g/mol. The van der Waals surface area contributed by atoms with Crippen molar-refractivity contribution >= 4 is 14.1 Å². The van der Waals surface area contributed by atoms with E-state index in [1.165, 1.54) is 28.1 Å². The van der Waals surface area contributed by atoms with Crippen molar-refractivity contribution in [2.75, 3.05) is 20.8 Å². The number of methoxy groups -OCH3 is 2. The van der Waals surface area contributed by atoms with E-state index >= 15 is 0 Å². The van der Waals surface area contributed by atoms with Gasteiger partial charge in [-0.1, -0.05) is 23.3 Å². The number of aromatic hydroxyl groups is 1. The number of carbonyl (C=O) groups excluding carboxylic acids is 1. The van der Waals surface area contributed by atoms with Crippen LogP contribution in [0.5, 0.6) is 17.6 Å². The van der Waals surface area contributed by atoms with Crippen LogP contribution in [0.25, 0.3) is 0 Å². The molecule has 224 valence electrons. The molecule has 1 fully saturated rings. The van der Waals surface area contributed by atoms with Crippen LogP contribution in [-0.4, -0.2) is 76.1 Å². The molecule has 3 rings (SSSR count). The second-order valence-electron chi connectivity index (χ2n) is 9.36. The highest BCUT2D eigenvalue weighted by atomic mass is 31.1. The molecule has 0 radical (unpaired) electrons. The fourth-order valence-electron chi connectivity index (χ4n) is 3.06. The Hall–Kier alpha value is -2.93. The summed E-state index contributed by atoms with van der Waals surface area (Å²) < 4.78 is 38.6. The Balaban J connectivity index is 0.000000549. The Morgan fingerprint density at radius 2 is 1.77 bits per heavy atom. The van der Waals surface area contributed by atoms with Crippen LogP contribution in [0.3, 0.4) is 0 Å². The minimum Gasteiger partial charge on any atom is -0.508 e. The maximum absolute atomic E-state index is 12.0. The summed E-state index contributed by atoms with van der Waals surface area (Å²) in [5.74, 6) is -1.27. The number of ether oxygens (including phenoxy) is 4. The fourth-order valence-corrected chi connectivity index (χ4v) is 3.86. The Kier molecular flexibility index (Phi) is 15.5. The lowest BCUT2D eigenvalue weighted by molar-refractivity contribution is -0.149. The van der Waals surface area contributed by atoms with Gasteiger partial charge in [0, 0.05) is 6.20 Å². The second-order valence-corrected chi connectivity index (χ2v) is 10.4. The molecule has 0 saturated carbocycles. The number of para-hydroxylation sites is 1. The zero-order valence-corrected chi connectivity index (χ0v) is 24.8. The maximum atomic E-state index is 12.0. The van der Waals surface area contributed by atoms with Gasteiger partial charge in [0.15, 0.2) is 5.79 Å². The number of phenols is 1. The van der Waals surface area contributed by atoms with Crippen LogP contribution < -0.4 is 14.6 Å². The molecule has 4 N–H and O–H groups in total. The quantitative estimate of drug-likeness (QED) is 0.181. The van der Waals surface area contributed by atoms with Gasteiger partial charge in [-0.3, -0.25) is 4.79 Å². The van der Waals surface area contributed by atoms with Crippen molar-refractivity contribution in [1.29, 1.82) is 0 Å². The highest BCUT2D eigenvalue weighted by Gasteiger charge is 2.34. The van der Waals surface area contributed by atoms with Crippen LogP contribution in [0.4, 0.5) is 0 Å². The molecule has 14 heteroatoms. The number of hydrogen-bond acceptors (Lipinski definition) is 12. The van der Waals surface area contributed by atoms with Crippen LogP contribution >= 0.6 is 8.18 Å². The Morgan fingerprint density at radius 1 is 1.15 bits per heavy atom. The first-order chi connectivity index (χ1) is 18.7. The van der Waals surface area contributed by atoms with Crippen molar-refractivity contribution in [3.63, 3.8) is 0 Å². The number of benzene rings is 1. The summed E-state index contributed by atoms with van der Waals surface area (Å²) in [5, 5.41) is 27.4. The first-order valence-electron chi connectivity index (χ1n) is 12.6. The van der Waals surface area contributed by atoms with E-state index < -0.39 is 26.0 Å². The zero-order chi connectivity index (χ0) is 30.3. The summed E-state index contributed by atoms with van der Waals surface area (Å²) >= 11 is 0. The van der Waals surface area contributed by atoms with Crippen LogP contribution in [0.15, 0.2) is 36.5 Å². The van der Waals surface area contributed by atoms with Crippen LogP contribution in [0.1, 0.15) is 59.1 Å². The fraction of sp³-hybridized carbons (Fsp3) is 0.577. The van der Waals surface area contributed by atoms with Gasteiger partial charge in [0.1, 0.15) is 18.4 Å². The lowest BCUT2D eigenvalue weighted by atomic mass is 10.1. The van der Waals surface area contributed by atoms with E-state index in [1.807, 2.05) is 6.07 Å². The molecule has 0 amide bonds. The number of aromatic nitrogens is 2. The van der Waals surface area contributed by atoms with E-state index in [9.17, 15) is 9.36 Å². The molecule has 1 aliphatic rings. The van der Waals surface area contributed by atoms with Crippen molar-refractivity contribution in [1.82, 2.24) is 15.1 Å². The lowest BCUT2D eigenvalue weighted by Gasteiger charge is -2.15. The Bertz CT molecular complexity index is 1030. The number of hydrogen-bond donors (Lipinski definition) is 4. The van der Waals surface area contributed by atoms with E-state index in [1.54, 1.807) is 51.2 Å². The topological polar surface area (TPSA) is 179 Å². The molecule has 0 spiro atoms. The van der Waals surface area contributed by atoms with Gasteiger partial charge in [0.25, 0.3) is 0 Å². The van der Waals surface area contributed by atoms with E-state index in [0.717, 1.165) is 12.0 Å². The van der Waals surface area contributed by atoms with Crippen LogP contribution in [0, 0.1) is 0 Å². The molecule has 0 bridgehead atoms. The minimum absolute atomic E-state index is 0.129. The monoisotopic (exact) mass is 586 g/mol. The van der Waals surface area contributed by atoms with E-state index in [2.05, 4.69) is 15.1 Å². The van der Waals surface area contributed by atoms with Gasteiger partial charge in [0.05, 0.1) is 38.1 Å². The summed E-state index contributed by atoms with van der Waals surface area (Å²) in [4.78, 5) is 20.0. The normalized spacial score (nSPS) is 17.5. The molecule has 4 atom stereocenters. The first-order valence-corrected chi connectivity index (χ1v) is 13.8. The molecular formula is C26H41N3O10P+. The predicted molar refractivity (Wildman–Crippen MR) is 146 cm³/mol. The Labute approximate surface area is 235 Å². The molecule has 2 aromatic rings. The third-order valence-electron chi connectivity index (χ3n) is 4.73. The zero-order valence-electron chi connectivity index (χ0n) is 23.9. The van der Waals surface area contributed by atoms with E-state index in [0.29, 0.717) is 18.1 Å². The predicted octanol–water partition coefficient (Wildman–Crippen LogP) is 3.42. The van der Waals surface area contributed by atoms with Crippen molar-refractivity contribution < 1.29 is 48.2 Å². The molecule has 1 aromatic heterocycles. The summed E-state index contributed by atoms with van der Waals surface area (Å²) in [6.45, 7) is 7.79. The molecule has 1 aromatic carbocycles. The summed E-state index contributed by atoms with van der Waals surface area (Å²) in [7, 11) is 0.770. The van der Waals surface area contributed by atoms with Gasteiger partial charge in [-0.05, 0) is 64.2 Å². The maximum Gasteiger partial charge on any atom is 0.613 e. The summed E-state index contributed by atoms with van der Waals surface area (Å²) in [5.41, 5.74) is 0.721. The molecular weight excluding hydrogens is 545 g/mol. The second kappa shape index (κ2) is 17.7. The van der Waals surface area contributed by atoms with Gasteiger partial charge in [-0.2, -0.15) is 4.98 Å². The summed E-state index contributed by atoms with van der Waals surface area (Å²) in [6, 6.07) is 8.19. The highest BCUT2D eigenvalue weighted by molar-refractivity contribution is 7.36. The number of nitrogens with one attached hydrogen (secondary N) is 1. The van der Waals surface area contributed by atoms with E-state index in [4.69, 9.17) is 38.8 Å². The number of aliphatic hydroxyl groups is 2. The van der Waals surface area contributed by atoms with Crippen molar-refractivity contribution in [3.8, 4) is 17.6 Å². The molecule has 2 heterocycles. The van der Waals surface area contributed by atoms with Gasteiger partial charge >= 0.3 is 20.2 Å². The Morgan fingerprint density at radius 3 is 2.27 bits per heavy atom. The molecule has 0 aliphatic carbocycles. The number of nitrogens with zero attached hydrogens (tertiary/aromatic N) is 2. The molecule has 1 aliphatic heterocycles. The number of rotatable bonds is 10. The largest absolute Gasteiger partial charge is 0.613 e. The van der Waals surface area contributed by atoms with Crippen LogP contribution in [-0.2, 0) is 23.4 Å². The lowest BCUT2D eigenvalue weighted by Crippen LogP contribution is -2.33. The third kappa shape index (κ3) is 15.0. The molecule has 40 heavy (non-hydrogen) atoms. The van der Waals surface area contributed by atoms with Gasteiger partial charge in [0.2, 0.25) is 5.88 Å². The third-order valence-corrected chi connectivity index (χ3v) is 5.71. The first kappa shape index (κ1) is 35.1. The van der Waals surface area contributed by atoms with Gasteiger partial charge in [-0.15, -0.1) is 4.52 Å². The number of esters is 1. The average Bonchev–Trinajstić information content (AvgIpc) is 3.35. The number of phenolic OH excluding ortho intramolecular Hbond substituents is 1. The number of carbonyl (C=O) groups is 1. The molecule has 13 nitrogen and oxygen atoms in total. The van der Waals surface area contributed by atoms with Crippen LogP contribution in [0.2, 0.25) is 0 Å². The van der Waals surface area contributed by atoms with Crippen molar-refractivity contribution in [2.24, 2.45) is 0 Å². The molecule has 1 saturated heterocycles. The van der Waals surface area contributed by atoms with Crippen molar-refractivity contribution in [3.05, 3.63) is 42.1 Å². The highest BCUT2D eigenvalue weighted by Crippen LogP contribution is 2.37. The SMILES string of the molecule is CC(C)(O)O.COc1ncc(C2CCC(CO[P+](=O)N[C@H](C)C(=O)OC(C)C)O2)c(OC)n1.Oc1ccccc1. The smallest absolute Gasteiger partial charge is 0.508 e. The summed E-state index contributed by atoms with van der Waals surface area (Å²) in [6.07, 6.45) is 2.33. The standard InChI is InChI=1S/C17H27N3O7P.C6H6O.C3H8O2/c1-10(2)26-16(21)11(3)20-28(22)25-9-12-6-7-14(27-12)13-8-18-17(24-5)19-15(13)23-4;7-6-4-2-1-3-5-6;1-3(2,4)5/h8,10-12,14H,6-7,9H2,1-5H3,(H,20,22);1-5,7H;4-5H,1-2H3/q+1;;/t11-,12?,14?;;/m1../s1. The van der Waals surface area contributed by atoms with Crippen molar-refractivity contribution in [2.45, 2.75) is 77.6 Å². The van der Waals surface area contributed by atoms with E-state index in [-0.39, 0.29) is 30.9 Å². The van der Waals surface area contributed by atoms with Gasteiger partial charge < -0.3 is 34.3 Å². The molecule has 3 unspecified atom stereocenters.